The second-order valence-electron chi connectivity index (χ2n) is 6.85. The standard InChI is InChI=1S/C27H24O4/c1-28-25-22(19-12-6-4-7-13-19)18-23(26(29-2)27(25)30-3)21-16-10-11-17-24(21)31-20-14-8-5-9-15-20/h4-18H,1-3H3. The topological polar surface area (TPSA) is 36.9 Å². The maximum atomic E-state index is 6.21. The van der Waals surface area contributed by atoms with Gasteiger partial charge in [-0.2, -0.15) is 0 Å². The Labute approximate surface area is 182 Å². The second-order valence-corrected chi connectivity index (χ2v) is 6.85. The number of benzene rings is 4. The van der Waals surface area contributed by atoms with Gasteiger partial charge in [0.1, 0.15) is 11.5 Å². The van der Waals surface area contributed by atoms with Gasteiger partial charge in [0.15, 0.2) is 11.5 Å². The maximum Gasteiger partial charge on any atom is 0.204 e. The third-order valence-electron chi connectivity index (χ3n) is 5.04. The van der Waals surface area contributed by atoms with E-state index in [0.29, 0.717) is 17.2 Å². The van der Waals surface area contributed by atoms with E-state index < -0.39 is 0 Å². The molecule has 0 aromatic heterocycles. The quantitative estimate of drug-likeness (QED) is 0.333. The molecule has 4 nitrogen and oxygen atoms in total. The molecule has 4 heteroatoms. The largest absolute Gasteiger partial charge is 0.492 e. The molecule has 156 valence electrons. The molecule has 0 atom stereocenters. The molecule has 31 heavy (non-hydrogen) atoms. The van der Waals surface area contributed by atoms with Gasteiger partial charge in [-0.05, 0) is 29.8 Å². The Balaban J connectivity index is 1.95. The molecule has 0 spiro atoms. The molecule has 0 N–H and O–H groups in total. The molecule has 0 bridgehead atoms. The average Bonchev–Trinajstić information content (AvgIpc) is 2.84. The van der Waals surface area contributed by atoms with Crippen molar-refractivity contribution in [3.8, 4) is 51.0 Å². The first-order chi connectivity index (χ1) is 15.3. The van der Waals surface area contributed by atoms with E-state index in [0.717, 1.165) is 33.8 Å². The summed E-state index contributed by atoms with van der Waals surface area (Å²) in [4.78, 5) is 0. The van der Waals surface area contributed by atoms with Gasteiger partial charge in [0, 0.05) is 16.7 Å². The van der Waals surface area contributed by atoms with Crippen molar-refractivity contribution in [2.24, 2.45) is 0 Å². The van der Waals surface area contributed by atoms with Crippen LogP contribution in [0.25, 0.3) is 22.3 Å². The van der Waals surface area contributed by atoms with E-state index in [-0.39, 0.29) is 0 Å². The summed E-state index contributed by atoms with van der Waals surface area (Å²) in [5.74, 6) is 3.23. The van der Waals surface area contributed by atoms with E-state index in [9.17, 15) is 0 Å². The highest BCUT2D eigenvalue weighted by molar-refractivity contribution is 5.88. The highest BCUT2D eigenvalue weighted by atomic mass is 16.5. The summed E-state index contributed by atoms with van der Waals surface area (Å²) in [5.41, 5.74) is 3.67. The van der Waals surface area contributed by atoms with Crippen molar-refractivity contribution in [1.82, 2.24) is 0 Å². The summed E-state index contributed by atoms with van der Waals surface area (Å²) in [6.07, 6.45) is 0. The highest BCUT2D eigenvalue weighted by Crippen LogP contribution is 2.51. The van der Waals surface area contributed by atoms with Gasteiger partial charge >= 0.3 is 0 Å². The van der Waals surface area contributed by atoms with Gasteiger partial charge in [-0.25, -0.2) is 0 Å². The molecule has 0 amide bonds. The Morgan fingerprint density at radius 2 is 1.03 bits per heavy atom. The Kier molecular flexibility index (Phi) is 6.08. The Hall–Kier alpha value is -3.92. The smallest absolute Gasteiger partial charge is 0.204 e. The number of rotatable bonds is 7. The number of para-hydroxylation sites is 2. The van der Waals surface area contributed by atoms with Crippen LogP contribution in [0.2, 0.25) is 0 Å². The molecule has 0 unspecified atom stereocenters. The second kappa shape index (κ2) is 9.26. The van der Waals surface area contributed by atoms with Crippen LogP contribution in [0.15, 0.2) is 91.0 Å². The molecule has 0 saturated carbocycles. The highest BCUT2D eigenvalue weighted by Gasteiger charge is 2.24. The SMILES string of the molecule is COc1c(-c2ccccc2)cc(-c2ccccc2Oc2ccccc2)c(OC)c1OC. The predicted molar refractivity (Wildman–Crippen MR) is 123 cm³/mol. The van der Waals surface area contributed by atoms with Crippen LogP contribution in [0.5, 0.6) is 28.7 Å². The lowest BCUT2D eigenvalue weighted by Crippen LogP contribution is -2.00. The molecule has 0 saturated heterocycles. The third-order valence-corrected chi connectivity index (χ3v) is 5.04. The molecule has 0 aliphatic carbocycles. The fraction of sp³-hybridized carbons (Fsp3) is 0.111. The molecule has 0 radical (unpaired) electrons. The molecular weight excluding hydrogens is 388 g/mol. The van der Waals surface area contributed by atoms with Gasteiger partial charge in [-0.15, -0.1) is 0 Å². The van der Waals surface area contributed by atoms with Crippen LogP contribution in [-0.4, -0.2) is 21.3 Å². The predicted octanol–water partition coefficient (Wildman–Crippen LogP) is 6.84. The molecular formula is C27H24O4. The molecule has 0 fully saturated rings. The van der Waals surface area contributed by atoms with Gasteiger partial charge in [0.2, 0.25) is 5.75 Å². The van der Waals surface area contributed by atoms with Crippen LogP contribution in [0.4, 0.5) is 0 Å². The summed E-state index contributed by atoms with van der Waals surface area (Å²) >= 11 is 0. The normalized spacial score (nSPS) is 10.4. The lowest BCUT2D eigenvalue weighted by Gasteiger charge is -2.21. The van der Waals surface area contributed by atoms with E-state index in [1.54, 1.807) is 21.3 Å². The minimum absolute atomic E-state index is 0.538. The van der Waals surface area contributed by atoms with Crippen LogP contribution in [0.3, 0.4) is 0 Å². The van der Waals surface area contributed by atoms with Crippen LogP contribution in [0, 0.1) is 0 Å². The molecule has 0 heterocycles. The molecule has 0 aliphatic rings. The fourth-order valence-electron chi connectivity index (χ4n) is 3.64. The van der Waals surface area contributed by atoms with Crippen LogP contribution >= 0.6 is 0 Å². The lowest BCUT2D eigenvalue weighted by molar-refractivity contribution is 0.326. The zero-order valence-electron chi connectivity index (χ0n) is 17.8. The number of methoxy groups -OCH3 is 3. The number of hydrogen-bond acceptors (Lipinski definition) is 4. The summed E-state index contributed by atoms with van der Waals surface area (Å²) < 4.78 is 23.5. The lowest BCUT2D eigenvalue weighted by atomic mass is 9.95. The van der Waals surface area contributed by atoms with E-state index >= 15 is 0 Å². The Bertz CT molecular complexity index is 1150. The zero-order valence-corrected chi connectivity index (χ0v) is 17.8. The van der Waals surface area contributed by atoms with Gasteiger partial charge < -0.3 is 18.9 Å². The average molecular weight is 412 g/mol. The first-order valence-electron chi connectivity index (χ1n) is 9.97. The molecule has 4 aromatic carbocycles. The minimum atomic E-state index is 0.538. The van der Waals surface area contributed by atoms with Crippen molar-refractivity contribution in [2.45, 2.75) is 0 Å². The van der Waals surface area contributed by atoms with Crippen molar-refractivity contribution in [3.63, 3.8) is 0 Å². The fourth-order valence-corrected chi connectivity index (χ4v) is 3.64. The zero-order chi connectivity index (χ0) is 21.6. The molecule has 4 rings (SSSR count). The van der Waals surface area contributed by atoms with E-state index in [1.165, 1.54) is 0 Å². The van der Waals surface area contributed by atoms with Crippen molar-refractivity contribution in [2.75, 3.05) is 21.3 Å². The molecule has 4 aromatic rings. The van der Waals surface area contributed by atoms with Gasteiger partial charge in [0.05, 0.1) is 21.3 Å². The van der Waals surface area contributed by atoms with Gasteiger partial charge in [0.25, 0.3) is 0 Å². The monoisotopic (exact) mass is 412 g/mol. The summed E-state index contributed by atoms with van der Waals surface area (Å²) in [6.45, 7) is 0. The Morgan fingerprint density at radius 1 is 0.484 bits per heavy atom. The first kappa shape index (κ1) is 20.4. The summed E-state index contributed by atoms with van der Waals surface area (Å²) in [5, 5.41) is 0. The van der Waals surface area contributed by atoms with Crippen LogP contribution < -0.4 is 18.9 Å². The van der Waals surface area contributed by atoms with E-state index in [4.69, 9.17) is 18.9 Å². The minimum Gasteiger partial charge on any atom is -0.492 e. The van der Waals surface area contributed by atoms with Crippen molar-refractivity contribution >= 4 is 0 Å². The third kappa shape index (κ3) is 4.05. The number of hydrogen-bond donors (Lipinski definition) is 0. The van der Waals surface area contributed by atoms with Crippen LogP contribution in [-0.2, 0) is 0 Å². The van der Waals surface area contributed by atoms with Gasteiger partial charge in [-0.1, -0.05) is 66.7 Å². The number of ether oxygens (including phenoxy) is 4. The molecule has 0 aliphatic heterocycles. The maximum absolute atomic E-state index is 6.21. The summed E-state index contributed by atoms with van der Waals surface area (Å²) in [6, 6.07) is 29.7. The van der Waals surface area contributed by atoms with E-state index in [2.05, 4.69) is 6.07 Å². The van der Waals surface area contributed by atoms with Crippen molar-refractivity contribution < 1.29 is 18.9 Å². The first-order valence-corrected chi connectivity index (χ1v) is 9.97. The van der Waals surface area contributed by atoms with Crippen molar-refractivity contribution in [1.29, 1.82) is 0 Å². The van der Waals surface area contributed by atoms with E-state index in [1.807, 2.05) is 84.9 Å². The Morgan fingerprint density at radius 3 is 1.68 bits per heavy atom. The van der Waals surface area contributed by atoms with Gasteiger partial charge in [-0.3, -0.25) is 0 Å². The summed E-state index contributed by atoms with van der Waals surface area (Å²) in [7, 11) is 4.88. The van der Waals surface area contributed by atoms with Crippen LogP contribution in [0.1, 0.15) is 0 Å². The van der Waals surface area contributed by atoms with Crippen molar-refractivity contribution in [3.05, 3.63) is 91.0 Å².